The summed E-state index contributed by atoms with van der Waals surface area (Å²) in [5.74, 6) is -0.238. The van der Waals surface area contributed by atoms with Crippen LogP contribution in [-0.4, -0.2) is 70.2 Å². The van der Waals surface area contributed by atoms with Crippen molar-refractivity contribution in [2.24, 2.45) is 11.7 Å². The highest BCUT2D eigenvalue weighted by molar-refractivity contribution is 5.92. The summed E-state index contributed by atoms with van der Waals surface area (Å²) in [6.45, 7) is 4.60. The molecule has 0 saturated carbocycles. The summed E-state index contributed by atoms with van der Waals surface area (Å²) >= 11 is 0. The molecule has 4 N–H and O–H groups in total. The molecule has 2 rings (SSSR count). The van der Waals surface area contributed by atoms with Gasteiger partial charge in [0.15, 0.2) is 0 Å². The van der Waals surface area contributed by atoms with Crippen LogP contribution in [0.15, 0.2) is 24.4 Å². The van der Waals surface area contributed by atoms with Crippen molar-refractivity contribution in [3.63, 3.8) is 0 Å². The highest BCUT2D eigenvalue weighted by atomic mass is 16.3. The van der Waals surface area contributed by atoms with E-state index in [2.05, 4.69) is 10.3 Å². The summed E-state index contributed by atoms with van der Waals surface area (Å²) in [7, 11) is 1.78. The largest absolute Gasteiger partial charge is 0.389 e. The van der Waals surface area contributed by atoms with Crippen LogP contribution in [0.25, 0.3) is 0 Å². The molecule has 2 amide bonds. The van der Waals surface area contributed by atoms with Crippen LogP contribution in [0.5, 0.6) is 0 Å². The summed E-state index contributed by atoms with van der Waals surface area (Å²) in [6.07, 6.45) is 1.77. The Morgan fingerprint density at radius 1 is 1.42 bits per heavy atom. The molecule has 8 nitrogen and oxygen atoms in total. The molecule has 8 heteroatoms. The third-order valence-corrected chi connectivity index (χ3v) is 4.51. The van der Waals surface area contributed by atoms with E-state index in [0.717, 1.165) is 0 Å². The van der Waals surface area contributed by atoms with Crippen LogP contribution in [0.3, 0.4) is 0 Å². The van der Waals surface area contributed by atoms with Gasteiger partial charge in [-0.3, -0.25) is 19.6 Å². The Hall–Kier alpha value is -2.03. The number of hydrogen-bond donors (Lipinski definition) is 3. The second-order valence-electron chi connectivity index (χ2n) is 7.19. The van der Waals surface area contributed by atoms with E-state index < -0.39 is 18.2 Å². The molecular formula is C18H29N5O3. The first kappa shape index (κ1) is 20.3. The molecule has 1 saturated heterocycles. The van der Waals surface area contributed by atoms with Crippen LogP contribution < -0.4 is 11.1 Å². The van der Waals surface area contributed by atoms with Crippen LogP contribution in [0.1, 0.15) is 37.2 Å². The molecule has 144 valence electrons. The molecule has 1 aromatic rings. The van der Waals surface area contributed by atoms with E-state index in [4.69, 9.17) is 5.73 Å². The molecule has 0 aliphatic carbocycles. The Labute approximate surface area is 154 Å². The predicted octanol–water partition coefficient (Wildman–Crippen LogP) is -0.00660. The first-order chi connectivity index (χ1) is 12.3. The molecule has 3 unspecified atom stereocenters. The third-order valence-electron chi connectivity index (χ3n) is 4.51. The standard InChI is InChI=1S/C18H29N5O3/c1-12(2)10-13(19)17(25)21-14-7-9-22(3)23(11-16(14)24)18(26)15-6-4-5-8-20-15/h4-6,8,12-14,16,24H,7,9-11,19H2,1-3H3,(H,21,25). The van der Waals surface area contributed by atoms with Gasteiger partial charge in [0.2, 0.25) is 5.91 Å². The maximum Gasteiger partial charge on any atom is 0.286 e. The Morgan fingerprint density at radius 2 is 2.15 bits per heavy atom. The molecule has 3 atom stereocenters. The van der Waals surface area contributed by atoms with Gasteiger partial charge in [-0.05, 0) is 30.9 Å². The number of amides is 2. The molecule has 1 aliphatic rings. The zero-order valence-corrected chi connectivity index (χ0v) is 15.6. The molecular weight excluding hydrogens is 334 g/mol. The van der Waals surface area contributed by atoms with E-state index in [-0.39, 0.29) is 18.4 Å². The Morgan fingerprint density at radius 3 is 2.77 bits per heavy atom. The minimum absolute atomic E-state index is 0.0796. The number of hydrogen-bond acceptors (Lipinski definition) is 6. The Balaban J connectivity index is 2.03. The average molecular weight is 363 g/mol. The summed E-state index contributed by atoms with van der Waals surface area (Å²) < 4.78 is 0. The topological polar surface area (TPSA) is 112 Å². The molecule has 1 aliphatic heterocycles. The van der Waals surface area contributed by atoms with Crippen LogP contribution in [-0.2, 0) is 4.79 Å². The maximum atomic E-state index is 12.7. The van der Waals surface area contributed by atoms with Crippen molar-refractivity contribution in [1.82, 2.24) is 20.3 Å². The quantitative estimate of drug-likeness (QED) is 0.679. The Bertz CT molecular complexity index is 610. The van der Waals surface area contributed by atoms with Gasteiger partial charge < -0.3 is 16.2 Å². The Kier molecular flexibility index (Phi) is 7.07. The van der Waals surface area contributed by atoms with Crippen LogP contribution in [0.4, 0.5) is 0 Å². The smallest absolute Gasteiger partial charge is 0.286 e. The van der Waals surface area contributed by atoms with E-state index in [9.17, 15) is 14.7 Å². The molecule has 0 spiro atoms. The fraction of sp³-hybridized carbons (Fsp3) is 0.611. The first-order valence-electron chi connectivity index (χ1n) is 8.97. The molecule has 26 heavy (non-hydrogen) atoms. The lowest BCUT2D eigenvalue weighted by atomic mass is 10.0. The van der Waals surface area contributed by atoms with E-state index in [1.807, 2.05) is 13.8 Å². The van der Waals surface area contributed by atoms with E-state index in [1.54, 1.807) is 36.5 Å². The van der Waals surface area contributed by atoms with Gasteiger partial charge in [-0.1, -0.05) is 19.9 Å². The lowest BCUT2D eigenvalue weighted by Crippen LogP contribution is -2.52. The number of nitrogens with zero attached hydrogens (tertiary/aromatic N) is 3. The van der Waals surface area contributed by atoms with Crippen molar-refractivity contribution in [3.05, 3.63) is 30.1 Å². The van der Waals surface area contributed by atoms with Crippen molar-refractivity contribution in [2.75, 3.05) is 20.1 Å². The lowest BCUT2D eigenvalue weighted by molar-refractivity contribution is -0.124. The van der Waals surface area contributed by atoms with Gasteiger partial charge in [0.25, 0.3) is 5.91 Å². The fourth-order valence-corrected chi connectivity index (χ4v) is 3.02. The highest BCUT2D eigenvalue weighted by Gasteiger charge is 2.33. The van der Waals surface area contributed by atoms with Crippen molar-refractivity contribution in [3.8, 4) is 0 Å². The van der Waals surface area contributed by atoms with Gasteiger partial charge in [0, 0.05) is 19.8 Å². The number of nitrogens with one attached hydrogen (secondary N) is 1. The second kappa shape index (κ2) is 9.07. The van der Waals surface area contributed by atoms with Crippen LogP contribution in [0.2, 0.25) is 0 Å². The monoisotopic (exact) mass is 363 g/mol. The number of aromatic nitrogens is 1. The summed E-state index contributed by atoms with van der Waals surface area (Å²) in [4.78, 5) is 29.0. The third kappa shape index (κ3) is 5.23. The highest BCUT2D eigenvalue weighted by Crippen LogP contribution is 2.15. The zero-order valence-electron chi connectivity index (χ0n) is 15.6. The van der Waals surface area contributed by atoms with Gasteiger partial charge in [0.1, 0.15) is 5.69 Å². The normalized spacial score (nSPS) is 22.8. The minimum atomic E-state index is -0.886. The van der Waals surface area contributed by atoms with Gasteiger partial charge in [0.05, 0.1) is 24.7 Å². The second-order valence-corrected chi connectivity index (χ2v) is 7.19. The van der Waals surface area contributed by atoms with Gasteiger partial charge in [-0.25, -0.2) is 5.01 Å². The van der Waals surface area contributed by atoms with Gasteiger partial charge in [-0.15, -0.1) is 0 Å². The number of carbonyl (C=O) groups excluding carboxylic acids is 2. The minimum Gasteiger partial charge on any atom is -0.389 e. The number of aliphatic hydroxyl groups excluding tert-OH is 1. The van der Waals surface area contributed by atoms with Crippen molar-refractivity contribution in [1.29, 1.82) is 0 Å². The number of pyridine rings is 1. The molecule has 2 heterocycles. The van der Waals surface area contributed by atoms with E-state index in [0.29, 0.717) is 31.0 Å². The first-order valence-corrected chi connectivity index (χ1v) is 8.97. The average Bonchev–Trinajstić information content (AvgIpc) is 2.74. The summed E-state index contributed by atoms with van der Waals surface area (Å²) in [6, 6.07) is 4.06. The molecule has 1 aromatic heterocycles. The number of hydrazine groups is 1. The lowest BCUT2D eigenvalue weighted by Gasteiger charge is -2.30. The fourth-order valence-electron chi connectivity index (χ4n) is 3.02. The maximum absolute atomic E-state index is 12.7. The predicted molar refractivity (Wildman–Crippen MR) is 97.9 cm³/mol. The van der Waals surface area contributed by atoms with Gasteiger partial charge in [-0.2, -0.15) is 0 Å². The molecule has 0 radical (unpaired) electrons. The summed E-state index contributed by atoms with van der Waals surface area (Å²) in [5.41, 5.74) is 6.23. The number of β-amino-alcohol motifs (C(OH)–C–C–N with tert-alkyl or cyclic N) is 1. The van der Waals surface area contributed by atoms with Crippen LogP contribution in [0, 0.1) is 5.92 Å². The van der Waals surface area contributed by atoms with E-state index in [1.165, 1.54) is 5.01 Å². The number of aliphatic hydroxyl groups is 1. The van der Waals surface area contributed by atoms with Gasteiger partial charge >= 0.3 is 0 Å². The molecule has 1 fully saturated rings. The summed E-state index contributed by atoms with van der Waals surface area (Å²) in [5, 5.41) is 16.6. The molecule has 0 aromatic carbocycles. The van der Waals surface area contributed by atoms with E-state index >= 15 is 0 Å². The number of rotatable bonds is 5. The number of carbonyl (C=O) groups is 2. The number of nitrogens with two attached hydrogens (primary N) is 1. The van der Waals surface area contributed by atoms with Crippen LogP contribution >= 0.6 is 0 Å². The van der Waals surface area contributed by atoms with Crippen molar-refractivity contribution < 1.29 is 14.7 Å². The molecule has 0 bridgehead atoms. The SMILES string of the molecule is CC(C)CC(N)C(=O)NC1CCN(C)N(C(=O)c2ccccn2)CC1O. The van der Waals surface area contributed by atoms with Crippen molar-refractivity contribution >= 4 is 11.8 Å². The van der Waals surface area contributed by atoms with Crippen molar-refractivity contribution in [2.45, 2.75) is 44.9 Å². The zero-order chi connectivity index (χ0) is 19.3.